The molecule has 0 N–H and O–H groups in total. The fraction of sp³-hybridized carbons (Fsp3) is 0. The van der Waals surface area contributed by atoms with E-state index in [2.05, 4.69) is 10.8 Å². The minimum absolute atomic E-state index is 0. The van der Waals surface area contributed by atoms with E-state index in [-0.39, 0.29) is 35.9 Å². The molecule has 0 fully saturated rings. The van der Waals surface area contributed by atoms with Crippen molar-refractivity contribution < 1.29 is 35.9 Å². The van der Waals surface area contributed by atoms with Gasteiger partial charge in [0, 0.05) is 0 Å². The van der Waals surface area contributed by atoms with Crippen LogP contribution in [0.3, 0.4) is 0 Å². The van der Waals surface area contributed by atoms with Crippen molar-refractivity contribution in [3.63, 3.8) is 0 Å². The summed E-state index contributed by atoms with van der Waals surface area (Å²) in [6, 6.07) is 7.71. The molecule has 2 rings (SSSR count). The van der Waals surface area contributed by atoms with Crippen molar-refractivity contribution in [2.45, 2.75) is 0 Å². The van der Waals surface area contributed by atoms with Gasteiger partial charge in [-0.15, -0.1) is 10.8 Å². The van der Waals surface area contributed by atoms with Crippen LogP contribution in [0.25, 0.3) is 0 Å². The molecule has 0 saturated carbocycles. The number of rotatable bonds is 0. The second-order valence-corrected chi connectivity index (χ2v) is 2.95. The van der Waals surface area contributed by atoms with Crippen LogP contribution in [0.4, 0.5) is 0 Å². The molecule has 0 radical (unpaired) electrons. The Bertz CT molecular complexity index is 156. The van der Waals surface area contributed by atoms with Crippen molar-refractivity contribution in [2.75, 3.05) is 0 Å². The van der Waals surface area contributed by atoms with Gasteiger partial charge in [0.05, 0.1) is 0 Å². The van der Waals surface area contributed by atoms with Crippen LogP contribution in [-0.4, -0.2) is 0 Å². The van der Waals surface area contributed by atoms with Gasteiger partial charge in [-0.3, -0.25) is 0 Å². The Hall–Kier alpha value is 0.517. The van der Waals surface area contributed by atoms with Crippen molar-refractivity contribution in [1.82, 2.24) is 0 Å². The SMILES string of the molecule is [Cu+].[Li+].[c-]1cccs1.[c-]1cccs1. The molecule has 0 unspecified atom stereocenters. The van der Waals surface area contributed by atoms with Crippen LogP contribution in [-0.2, 0) is 17.1 Å². The Kier molecular flexibility index (Phi) is 14.4. The molecule has 0 amide bonds. The summed E-state index contributed by atoms with van der Waals surface area (Å²) in [5.41, 5.74) is 0. The van der Waals surface area contributed by atoms with E-state index < -0.39 is 0 Å². The van der Waals surface area contributed by atoms with E-state index in [1.807, 2.05) is 35.0 Å². The molecule has 2 aromatic heterocycles. The van der Waals surface area contributed by atoms with Gasteiger partial charge in [0.2, 0.25) is 0 Å². The zero-order valence-corrected chi connectivity index (χ0v) is 9.16. The van der Waals surface area contributed by atoms with E-state index in [0.29, 0.717) is 0 Å². The van der Waals surface area contributed by atoms with Gasteiger partial charge in [0.25, 0.3) is 0 Å². The van der Waals surface area contributed by atoms with E-state index in [0.717, 1.165) is 0 Å². The maximum atomic E-state index is 2.90. The van der Waals surface area contributed by atoms with Gasteiger partial charge in [0.1, 0.15) is 0 Å². The normalized spacial score (nSPS) is 6.67. The maximum absolute atomic E-state index is 2.90. The summed E-state index contributed by atoms with van der Waals surface area (Å²) in [6.07, 6.45) is 0. The number of hydrogen-bond acceptors (Lipinski definition) is 2. The Morgan fingerprint density at radius 3 is 1.33 bits per heavy atom. The molecule has 0 aliphatic carbocycles. The summed E-state index contributed by atoms with van der Waals surface area (Å²) in [5.74, 6) is 0. The van der Waals surface area contributed by atoms with Crippen LogP contribution in [0.5, 0.6) is 0 Å². The summed E-state index contributed by atoms with van der Waals surface area (Å²) in [6.45, 7) is 0. The predicted octanol–water partition coefficient (Wildman–Crippen LogP) is 0.0981. The fourth-order valence-corrected chi connectivity index (χ4v) is 1.18. The van der Waals surface area contributed by atoms with E-state index in [9.17, 15) is 0 Å². The number of hydrogen-bond donors (Lipinski definition) is 0. The first-order valence-corrected chi connectivity index (χ1v) is 4.55. The molecule has 2 aromatic rings. The fourth-order valence-electron chi connectivity index (χ4n) is 0.393. The monoisotopic (exact) mass is 236 g/mol. The molecule has 0 spiro atoms. The van der Waals surface area contributed by atoms with Gasteiger partial charge in [-0.25, -0.2) is 12.1 Å². The third kappa shape index (κ3) is 8.61. The van der Waals surface area contributed by atoms with Crippen LogP contribution >= 0.6 is 22.7 Å². The van der Waals surface area contributed by atoms with Crippen molar-refractivity contribution in [2.24, 2.45) is 0 Å². The maximum Gasteiger partial charge on any atom is 1.00 e. The first kappa shape index (κ1) is 15.0. The molecule has 0 aliphatic rings. The molecule has 0 saturated heterocycles. The molecule has 62 valence electrons. The second-order valence-electron chi connectivity index (χ2n) is 1.46. The Morgan fingerprint density at radius 2 is 1.25 bits per heavy atom. The average molecular weight is 237 g/mol. The van der Waals surface area contributed by atoms with Gasteiger partial charge in [-0.05, 0) is 0 Å². The van der Waals surface area contributed by atoms with Gasteiger partial charge in [0.15, 0.2) is 0 Å². The van der Waals surface area contributed by atoms with Crippen LogP contribution in [0, 0.1) is 10.8 Å². The molecule has 0 bridgehead atoms. The summed E-state index contributed by atoms with van der Waals surface area (Å²) in [5, 5.41) is 9.78. The summed E-state index contributed by atoms with van der Waals surface area (Å²) in [7, 11) is 0. The van der Waals surface area contributed by atoms with Gasteiger partial charge >= 0.3 is 35.9 Å². The van der Waals surface area contributed by atoms with E-state index >= 15 is 0 Å². The van der Waals surface area contributed by atoms with Crippen molar-refractivity contribution >= 4 is 22.7 Å². The smallest absolute Gasteiger partial charge is 0.304 e. The van der Waals surface area contributed by atoms with Crippen molar-refractivity contribution in [1.29, 1.82) is 0 Å². The molecule has 4 heteroatoms. The molecule has 2 heterocycles. The predicted molar refractivity (Wildman–Crippen MR) is 46.3 cm³/mol. The van der Waals surface area contributed by atoms with E-state index in [4.69, 9.17) is 0 Å². The van der Waals surface area contributed by atoms with Gasteiger partial charge < -0.3 is 22.7 Å². The van der Waals surface area contributed by atoms with Crippen LogP contribution in [0.15, 0.2) is 35.0 Å². The Morgan fingerprint density at radius 1 is 0.833 bits per heavy atom. The summed E-state index contributed by atoms with van der Waals surface area (Å²) < 4.78 is 0. The molecule has 12 heavy (non-hydrogen) atoms. The van der Waals surface area contributed by atoms with Gasteiger partial charge in [-0.1, -0.05) is 0 Å². The number of thiophene rings is 2. The van der Waals surface area contributed by atoms with Crippen molar-refractivity contribution in [3.8, 4) is 0 Å². The zero-order valence-electron chi connectivity index (χ0n) is 6.58. The van der Waals surface area contributed by atoms with Crippen molar-refractivity contribution in [3.05, 3.63) is 45.8 Å². The Labute approximate surface area is 104 Å². The molecule has 0 aromatic carbocycles. The minimum atomic E-state index is 0. The zero-order chi connectivity index (χ0) is 7.07. The first-order valence-electron chi connectivity index (χ1n) is 2.79. The average Bonchev–Trinajstić information content (AvgIpc) is 2.67. The minimum Gasteiger partial charge on any atom is -0.304 e. The molecule has 0 atom stereocenters. The van der Waals surface area contributed by atoms with Gasteiger partial charge in [-0.2, -0.15) is 22.9 Å². The molecule has 0 nitrogen and oxygen atoms in total. The summed E-state index contributed by atoms with van der Waals surface area (Å²) in [4.78, 5) is 0. The quantitative estimate of drug-likeness (QED) is 0.450. The first-order chi connectivity index (χ1) is 5.00. The molecule has 0 aliphatic heterocycles. The third-order valence-corrected chi connectivity index (χ3v) is 1.89. The third-order valence-electron chi connectivity index (χ3n) is 0.758. The molecular formula is C8H6CuLiS2. The summed E-state index contributed by atoms with van der Waals surface area (Å²) >= 11 is 3.18. The van der Waals surface area contributed by atoms with Crippen LogP contribution < -0.4 is 18.9 Å². The molecular weight excluding hydrogens is 231 g/mol. The van der Waals surface area contributed by atoms with Crippen LogP contribution in [0.1, 0.15) is 0 Å². The topological polar surface area (TPSA) is 0 Å². The largest absolute Gasteiger partial charge is 1.00 e. The standard InChI is InChI=1S/2C4H3S.Cu.Li/c2*1-2-4-5-3-1;;/h2*1-3H;;/q2*-1;2*+1. The van der Waals surface area contributed by atoms with E-state index in [1.54, 1.807) is 22.7 Å². The van der Waals surface area contributed by atoms with E-state index in [1.165, 1.54) is 0 Å². The second kappa shape index (κ2) is 11.5. The Balaban J connectivity index is 0. The van der Waals surface area contributed by atoms with Crippen LogP contribution in [0.2, 0.25) is 0 Å².